The molecule has 0 radical (unpaired) electrons. The molecule has 0 aromatic carbocycles. The van der Waals surface area contributed by atoms with Crippen LogP contribution in [0.1, 0.15) is 58.8 Å². The number of nitrogens with two attached hydrogens (primary N) is 1. The fourth-order valence-electron chi connectivity index (χ4n) is 5.41. The maximum atomic E-state index is 6.60. The molecule has 0 amide bonds. The van der Waals surface area contributed by atoms with Crippen molar-refractivity contribution in [3.05, 3.63) is 0 Å². The van der Waals surface area contributed by atoms with Crippen molar-refractivity contribution in [2.45, 2.75) is 64.3 Å². The molecule has 0 aliphatic heterocycles. The predicted molar refractivity (Wildman–Crippen MR) is 63.5 cm³/mol. The topological polar surface area (TPSA) is 26.0 Å². The standard InChI is InChI=1S/C14H25N/c1-3-10(2)13-5-11-4-12(6-13)8-14(15,7-11)9-13/h10-12H,3-9,15H2,1-2H3. The lowest BCUT2D eigenvalue weighted by molar-refractivity contribution is -0.0957. The van der Waals surface area contributed by atoms with E-state index < -0.39 is 0 Å². The first-order valence-corrected chi connectivity index (χ1v) is 6.84. The Morgan fingerprint density at radius 1 is 1.20 bits per heavy atom. The summed E-state index contributed by atoms with van der Waals surface area (Å²) in [6.45, 7) is 4.82. The van der Waals surface area contributed by atoms with E-state index in [0.29, 0.717) is 5.41 Å². The summed E-state index contributed by atoms with van der Waals surface area (Å²) in [4.78, 5) is 0. The summed E-state index contributed by atoms with van der Waals surface area (Å²) in [6, 6.07) is 0. The van der Waals surface area contributed by atoms with Crippen molar-refractivity contribution in [3.8, 4) is 0 Å². The Morgan fingerprint density at radius 3 is 2.27 bits per heavy atom. The molecule has 0 heterocycles. The molecular weight excluding hydrogens is 182 g/mol. The van der Waals surface area contributed by atoms with Gasteiger partial charge in [0.1, 0.15) is 0 Å². The lowest BCUT2D eigenvalue weighted by Crippen LogP contribution is -2.61. The smallest absolute Gasteiger partial charge is 0.0165 e. The van der Waals surface area contributed by atoms with Crippen molar-refractivity contribution in [2.75, 3.05) is 0 Å². The maximum absolute atomic E-state index is 6.60. The monoisotopic (exact) mass is 207 g/mol. The Balaban J connectivity index is 1.92. The zero-order valence-electron chi connectivity index (χ0n) is 10.3. The lowest BCUT2D eigenvalue weighted by atomic mass is 9.44. The highest BCUT2D eigenvalue weighted by molar-refractivity contribution is 5.11. The molecule has 15 heavy (non-hydrogen) atoms. The van der Waals surface area contributed by atoms with Crippen LogP contribution in [0.5, 0.6) is 0 Å². The number of hydrogen-bond acceptors (Lipinski definition) is 1. The van der Waals surface area contributed by atoms with Crippen LogP contribution in [0.3, 0.4) is 0 Å². The van der Waals surface area contributed by atoms with Crippen molar-refractivity contribution in [1.29, 1.82) is 0 Å². The normalized spacial score (nSPS) is 54.6. The van der Waals surface area contributed by atoms with Crippen LogP contribution in [0.25, 0.3) is 0 Å². The highest BCUT2D eigenvalue weighted by Gasteiger charge is 2.57. The average Bonchev–Trinajstić information content (AvgIpc) is 2.12. The molecule has 1 nitrogen and oxygen atoms in total. The van der Waals surface area contributed by atoms with E-state index in [0.717, 1.165) is 17.8 Å². The van der Waals surface area contributed by atoms with E-state index in [4.69, 9.17) is 5.73 Å². The van der Waals surface area contributed by atoms with Crippen LogP contribution >= 0.6 is 0 Å². The second-order valence-corrected chi connectivity index (χ2v) is 7.00. The third-order valence-corrected chi connectivity index (χ3v) is 5.81. The summed E-state index contributed by atoms with van der Waals surface area (Å²) in [5.41, 5.74) is 7.49. The molecule has 1 heteroatoms. The molecule has 4 saturated carbocycles. The first-order chi connectivity index (χ1) is 7.05. The van der Waals surface area contributed by atoms with E-state index in [1.807, 2.05) is 0 Å². The van der Waals surface area contributed by atoms with Gasteiger partial charge in [-0.2, -0.15) is 0 Å². The second-order valence-electron chi connectivity index (χ2n) is 7.00. The van der Waals surface area contributed by atoms with Gasteiger partial charge >= 0.3 is 0 Å². The summed E-state index contributed by atoms with van der Waals surface area (Å²) >= 11 is 0. The van der Waals surface area contributed by atoms with Crippen molar-refractivity contribution < 1.29 is 0 Å². The molecule has 3 atom stereocenters. The van der Waals surface area contributed by atoms with Crippen molar-refractivity contribution in [1.82, 2.24) is 0 Å². The number of hydrogen-bond donors (Lipinski definition) is 1. The van der Waals surface area contributed by atoms with Gasteiger partial charge in [0.2, 0.25) is 0 Å². The summed E-state index contributed by atoms with van der Waals surface area (Å²) in [6.07, 6.45) is 9.84. The van der Waals surface area contributed by atoms with Crippen molar-refractivity contribution in [2.24, 2.45) is 28.9 Å². The summed E-state index contributed by atoms with van der Waals surface area (Å²) in [5, 5.41) is 0. The molecule has 0 aromatic rings. The molecule has 86 valence electrons. The van der Waals surface area contributed by atoms with E-state index >= 15 is 0 Å². The van der Waals surface area contributed by atoms with Gasteiger partial charge in [-0.3, -0.25) is 0 Å². The van der Waals surface area contributed by atoms with Crippen molar-refractivity contribution in [3.63, 3.8) is 0 Å². The third-order valence-electron chi connectivity index (χ3n) is 5.81. The molecule has 4 aliphatic carbocycles. The van der Waals surface area contributed by atoms with Crippen LogP contribution in [0.2, 0.25) is 0 Å². The SMILES string of the molecule is CCC(C)C12CC3CC(CC(N)(C3)C1)C2. The van der Waals surface area contributed by atoms with Gasteiger partial charge in [-0.15, -0.1) is 0 Å². The van der Waals surface area contributed by atoms with Crippen LogP contribution in [0.15, 0.2) is 0 Å². The second kappa shape index (κ2) is 3.00. The molecule has 4 bridgehead atoms. The minimum absolute atomic E-state index is 0.244. The largest absolute Gasteiger partial charge is 0.325 e. The first kappa shape index (κ1) is 10.1. The minimum Gasteiger partial charge on any atom is -0.325 e. The van der Waals surface area contributed by atoms with Gasteiger partial charge in [0.15, 0.2) is 0 Å². The zero-order chi connectivity index (χ0) is 10.7. The third kappa shape index (κ3) is 1.39. The van der Waals surface area contributed by atoms with E-state index in [9.17, 15) is 0 Å². The van der Waals surface area contributed by atoms with Crippen LogP contribution < -0.4 is 5.73 Å². The molecule has 4 rings (SSSR count). The molecule has 4 aliphatic rings. The van der Waals surface area contributed by atoms with Crippen LogP contribution in [0.4, 0.5) is 0 Å². The van der Waals surface area contributed by atoms with E-state index in [2.05, 4.69) is 13.8 Å². The molecule has 0 saturated heterocycles. The predicted octanol–water partition coefficient (Wildman–Crippen LogP) is 3.33. The molecule has 3 unspecified atom stereocenters. The molecule has 0 spiro atoms. The summed E-state index contributed by atoms with van der Waals surface area (Å²) < 4.78 is 0. The minimum atomic E-state index is 0.244. The maximum Gasteiger partial charge on any atom is 0.0165 e. The van der Waals surface area contributed by atoms with E-state index in [1.54, 1.807) is 0 Å². The lowest BCUT2D eigenvalue weighted by Gasteiger charge is -2.63. The molecule has 0 aromatic heterocycles. The Hall–Kier alpha value is -0.0400. The first-order valence-electron chi connectivity index (χ1n) is 6.84. The van der Waals surface area contributed by atoms with Gasteiger partial charge in [-0.25, -0.2) is 0 Å². The van der Waals surface area contributed by atoms with Gasteiger partial charge in [-0.05, 0) is 61.7 Å². The molecular formula is C14H25N. The van der Waals surface area contributed by atoms with Gasteiger partial charge in [0.05, 0.1) is 0 Å². The van der Waals surface area contributed by atoms with E-state index in [-0.39, 0.29) is 5.54 Å². The highest BCUT2D eigenvalue weighted by atomic mass is 14.8. The number of rotatable bonds is 2. The van der Waals surface area contributed by atoms with Gasteiger partial charge < -0.3 is 5.73 Å². The summed E-state index contributed by atoms with van der Waals surface area (Å²) in [5.74, 6) is 2.85. The molecule has 2 N–H and O–H groups in total. The van der Waals surface area contributed by atoms with Crippen LogP contribution in [0, 0.1) is 23.2 Å². The quantitative estimate of drug-likeness (QED) is 0.738. The van der Waals surface area contributed by atoms with Crippen LogP contribution in [-0.2, 0) is 0 Å². The Kier molecular flexibility index (Phi) is 2.03. The Morgan fingerprint density at radius 2 is 1.80 bits per heavy atom. The highest BCUT2D eigenvalue weighted by Crippen LogP contribution is 2.63. The van der Waals surface area contributed by atoms with Crippen molar-refractivity contribution >= 4 is 0 Å². The summed E-state index contributed by atoms with van der Waals surface area (Å²) in [7, 11) is 0. The van der Waals surface area contributed by atoms with Crippen LogP contribution in [-0.4, -0.2) is 5.54 Å². The van der Waals surface area contributed by atoms with E-state index in [1.165, 1.54) is 44.9 Å². The Labute approximate surface area is 93.8 Å². The average molecular weight is 207 g/mol. The Bertz CT molecular complexity index is 257. The fraction of sp³-hybridized carbons (Fsp3) is 1.00. The van der Waals surface area contributed by atoms with Gasteiger partial charge in [-0.1, -0.05) is 20.3 Å². The molecule has 4 fully saturated rings. The zero-order valence-corrected chi connectivity index (χ0v) is 10.3. The fourth-order valence-corrected chi connectivity index (χ4v) is 5.41. The van der Waals surface area contributed by atoms with Gasteiger partial charge in [0, 0.05) is 5.54 Å². The van der Waals surface area contributed by atoms with Gasteiger partial charge in [0.25, 0.3) is 0 Å².